The molecule has 0 saturated carbocycles. The van der Waals surface area contributed by atoms with Crippen molar-refractivity contribution in [2.75, 3.05) is 6.54 Å². The first-order chi connectivity index (χ1) is 17.7. The van der Waals surface area contributed by atoms with Crippen LogP contribution in [-0.2, 0) is 33.8 Å². The third-order valence-electron chi connectivity index (χ3n) is 5.31. The number of nitrogens with zero attached hydrogens (tertiary/aromatic N) is 1. The van der Waals surface area contributed by atoms with E-state index in [9.17, 15) is 14.4 Å². The molecule has 10 heteroatoms. The van der Waals surface area contributed by atoms with Crippen molar-refractivity contribution in [2.45, 2.75) is 71.2 Å². The van der Waals surface area contributed by atoms with Crippen LogP contribution >= 0.6 is 34.0 Å². The Hall–Kier alpha value is -2.69. The maximum Gasteiger partial charge on any atom is 0.408 e. The van der Waals surface area contributed by atoms with Crippen LogP contribution in [0, 0.1) is 0 Å². The highest BCUT2D eigenvalue weighted by molar-refractivity contribution is 7.10. The van der Waals surface area contributed by atoms with Crippen molar-refractivity contribution in [1.29, 1.82) is 0 Å². The Kier molecular flexibility index (Phi) is 11.2. The maximum atomic E-state index is 13.7. The summed E-state index contributed by atoms with van der Waals surface area (Å²) in [5.74, 6) is -0.158. The number of hydrogen-bond donors (Lipinski definition) is 2. The summed E-state index contributed by atoms with van der Waals surface area (Å²) in [6, 6.07) is 11.1. The molecule has 37 heavy (non-hydrogen) atoms. The number of ether oxygens (including phenoxy) is 1. The van der Waals surface area contributed by atoms with Crippen LogP contribution in [0.1, 0.15) is 54.7 Å². The quantitative estimate of drug-likeness (QED) is 0.257. The van der Waals surface area contributed by atoms with Crippen molar-refractivity contribution >= 4 is 51.9 Å². The van der Waals surface area contributed by atoms with Gasteiger partial charge in [0.1, 0.15) is 11.6 Å². The summed E-state index contributed by atoms with van der Waals surface area (Å²) in [7, 11) is 0. The predicted octanol–water partition coefficient (Wildman–Crippen LogP) is 5.82. The summed E-state index contributed by atoms with van der Waals surface area (Å²) >= 11 is 4.76. The second-order valence-corrected chi connectivity index (χ2v) is 12.8. The minimum Gasteiger partial charge on any atom is -0.444 e. The van der Waals surface area contributed by atoms with E-state index in [0.717, 1.165) is 14.6 Å². The number of rotatable bonds is 13. The second kappa shape index (κ2) is 14.3. The Bertz CT molecular complexity index is 1050. The fourth-order valence-electron chi connectivity index (χ4n) is 3.66. The van der Waals surface area contributed by atoms with Gasteiger partial charge < -0.3 is 20.3 Å². The number of amides is 3. The summed E-state index contributed by atoms with van der Waals surface area (Å²) in [5, 5.41) is 11.7. The summed E-state index contributed by atoms with van der Waals surface area (Å²) in [5.41, 5.74) is -0.669. The van der Waals surface area contributed by atoms with E-state index < -0.39 is 17.7 Å². The fraction of sp³-hybridized carbons (Fsp3) is 0.444. The monoisotopic (exact) mass is 561 g/mol. The van der Waals surface area contributed by atoms with Gasteiger partial charge in [-0.25, -0.2) is 4.79 Å². The summed E-state index contributed by atoms with van der Waals surface area (Å²) in [6.45, 7) is 6.84. The van der Waals surface area contributed by atoms with Gasteiger partial charge in [0.05, 0.1) is 19.5 Å². The molecule has 200 valence electrons. The zero-order valence-electron chi connectivity index (χ0n) is 21.5. The summed E-state index contributed by atoms with van der Waals surface area (Å²) in [4.78, 5) is 43.5. The van der Waals surface area contributed by atoms with E-state index in [1.165, 1.54) is 0 Å². The van der Waals surface area contributed by atoms with Crippen LogP contribution in [0.15, 0.2) is 52.5 Å². The molecular weight excluding hydrogens is 527 g/mol. The van der Waals surface area contributed by atoms with Gasteiger partial charge in [0.2, 0.25) is 11.8 Å². The molecule has 3 amide bonds. The first-order valence-corrected chi connectivity index (χ1v) is 15.0. The smallest absolute Gasteiger partial charge is 0.408 e. The van der Waals surface area contributed by atoms with Crippen molar-refractivity contribution in [3.8, 4) is 0 Å². The molecule has 0 fully saturated rings. The highest BCUT2D eigenvalue weighted by Gasteiger charge is 2.28. The lowest BCUT2D eigenvalue weighted by Crippen LogP contribution is -2.49. The number of nitrogens with one attached hydrogen (secondary N) is 2. The maximum absolute atomic E-state index is 13.7. The van der Waals surface area contributed by atoms with E-state index >= 15 is 0 Å². The minimum atomic E-state index is -0.725. The first kappa shape index (κ1) is 28.9. The van der Waals surface area contributed by atoms with E-state index in [0.29, 0.717) is 45.3 Å². The Morgan fingerprint density at radius 3 is 1.97 bits per heavy atom. The zero-order chi connectivity index (χ0) is 26.7. The minimum absolute atomic E-state index is 0.0139. The predicted molar refractivity (Wildman–Crippen MR) is 151 cm³/mol. The molecule has 1 unspecified atom stereocenters. The third kappa shape index (κ3) is 10.7. The molecule has 3 rings (SSSR count). The van der Waals surface area contributed by atoms with Crippen molar-refractivity contribution in [3.05, 3.63) is 67.2 Å². The van der Waals surface area contributed by atoms with E-state index in [-0.39, 0.29) is 11.8 Å². The molecule has 3 heterocycles. The number of alkyl carbamates (subject to hydrolysis) is 1. The topological polar surface area (TPSA) is 87.7 Å². The van der Waals surface area contributed by atoms with Gasteiger partial charge >= 0.3 is 6.09 Å². The Morgan fingerprint density at radius 1 is 0.892 bits per heavy atom. The number of hydrogen-bond acceptors (Lipinski definition) is 7. The number of carbonyl (C=O) groups excluding carboxylic acids is 3. The zero-order valence-corrected chi connectivity index (χ0v) is 24.0. The Labute approximate surface area is 230 Å². The van der Waals surface area contributed by atoms with Crippen LogP contribution in [0.2, 0.25) is 0 Å². The van der Waals surface area contributed by atoms with Crippen LogP contribution in [0.25, 0.3) is 0 Å². The van der Waals surface area contributed by atoms with Gasteiger partial charge in [0, 0.05) is 21.2 Å². The molecule has 0 bridgehead atoms. The lowest BCUT2D eigenvalue weighted by atomic mass is 10.1. The number of thiophene rings is 3. The molecule has 0 radical (unpaired) electrons. The largest absolute Gasteiger partial charge is 0.444 e. The van der Waals surface area contributed by atoms with Crippen LogP contribution in [0.3, 0.4) is 0 Å². The highest BCUT2D eigenvalue weighted by atomic mass is 32.1. The molecule has 0 aliphatic carbocycles. The lowest BCUT2D eigenvalue weighted by Gasteiger charge is -2.28. The van der Waals surface area contributed by atoms with Gasteiger partial charge in [-0.3, -0.25) is 9.59 Å². The molecule has 3 aromatic rings. The molecule has 0 aliphatic rings. The van der Waals surface area contributed by atoms with E-state index in [4.69, 9.17) is 4.74 Å². The fourth-order valence-corrected chi connectivity index (χ4v) is 5.80. The molecule has 3 aromatic heterocycles. The third-order valence-corrected chi connectivity index (χ3v) is 7.91. The molecule has 1 atom stereocenters. The summed E-state index contributed by atoms with van der Waals surface area (Å²) in [6.07, 6.45) is 1.58. The van der Waals surface area contributed by atoms with Gasteiger partial charge in [-0.2, -0.15) is 0 Å². The highest BCUT2D eigenvalue weighted by Crippen LogP contribution is 2.19. The van der Waals surface area contributed by atoms with Gasteiger partial charge in [0.15, 0.2) is 0 Å². The normalized spacial score (nSPS) is 12.1. The van der Waals surface area contributed by atoms with Crippen LogP contribution in [0.5, 0.6) is 0 Å². The van der Waals surface area contributed by atoms with Crippen molar-refractivity contribution in [3.63, 3.8) is 0 Å². The SMILES string of the molecule is CC(C)(C)OC(=O)NC(CCCCNC(=O)Cc1cccs1)C(=O)N(Cc1cccs1)Cc1cccs1. The standard InChI is InChI=1S/C27H35N3O4S3/c1-27(2,3)34-26(33)29-23(12-4-5-13-28-24(31)17-20-9-6-14-35-20)25(32)30(18-21-10-7-15-36-21)19-22-11-8-16-37-22/h6-11,14-16,23H,4-5,12-13,17-19H2,1-3H3,(H,28,31)(H,29,33). The van der Waals surface area contributed by atoms with Crippen LogP contribution in [-0.4, -0.2) is 41.0 Å². The molecule has 0 aliphatic heterocycles. The van der Waals surface area contributed by atoms with Gasteiger partial charge in [0.25, 0.3) is 0 Å². The lowest BCUT2D eigenvalue weighted by molar-refractivity contribution is -0.135. The second-order valence-electron chi connectivity index (χ2n) is 9.65. The van der Waals surface area contributed by atoms with Gasteiger partial charge in [-0.15, -0.1) is 34.0 Å². The molecule has 7 nitrogen and oxygen atoms in total. The van der Waals surface area contributed by atoms with Gasteiger partial charge in [-0.1, -0.05) is 18.2 Å². The van der Waals surface area contributed by atoms with E-state index in [1.54, 1.807) is 59.7 Å². The molecule has 0 aromatic carbocycles. The van der Waals surface area contributed by atoms with Crippen molar-refractivity contribution in [2.24, 2.45) is 0 Å². The Balaban J connectivity index is 1.61. The number of unbranched alkanes of at least 4 members (excludes halogenated alkanes) is 1. The molecular formula is C27H35N3O4S3. The molecule has 2 N–H and O–H groups in total. The van der Waals surface area contributed by atoms with Crippen molar-refractivity contribution < 1.29 is 19.1 Å². The molecule has 0 spiro atoms. The Morgan fingerprint density at radius 2 is 1.46 bits per heavy atom. The average molecular weight is 562 g/mol. The van der Waals surface area contributed by atoms with Crippen molar-refractivity contribution in [1.82, 2.24) is 15.5 Å². The summed E-state index contributed by atoms with van der Waals surface area (Å²) < 4.78 is 5.45. The number of carbonyl (C=O) groups is 3. The average Bonchev–Trinajstić information content (AvgIpc) is 3.60. The van der Waals surface area contributed by atoms with E-state index in [2.05, 4.69) is 10.6 Å². The first-order valence-electron chi connectivity index (χ1n) is 12.3. The van der Waals surface area contributed by atoms with Crippen LogP contribution in [0.4, 0.5) is 4.79 Å². The van der Waals surface area contributed by atoms with Crippen LogP contribution < -0.4 is 10.6 Å². The van der Waals surface area contributed by atoms with Gasteiger partial charge in [-0.05, 0) is 74.4 Å². The molecule has 0 saturated heterocycles. The van der Waals surface area contributed by atoms with E-state index in [1.807, 2.05) is 52.5 Å².